The number of hydrogen-bond acceptors (Lipinski definition) is 5. The van der Waals surface area contributed by atoms with Gasteiger partial charge in [0, 0.05) is 6.04 Å². The first-order chi connectivity index (χ1) is 12.1. The number of benzene rings is 1. The molecule has 1 aliphatic rings. The van der Waals surface area contributed by atoms with Crippen molar-refractivity contribution in [1.29, 1.82) is 0 Å². The van der Waals surface area contributed by atoms with E-state index in [1.165, 1.54) is 0 Å². The molecule has 27 heavy (non-hydrogen) atoms. The highest BCUT2D eigenvalue weighted by Crippen LogP contribution is 2.34. The van der Waals surface area contributed by atoms with Gasteiger partial charge in [-0.3, -0.25) is 0 Å². The number of sulfonamides is 1. The molecular weight excluding hydrogens is 409 g/mol. The van der Waals surface area contributed by atoms with Crippen molar-refractivity contribution in [2.24, 2.45) is 5.92 Å². The monoisotopic (exact) mass is 430 g/mol. The largest absolute Gasteiger partial charge is 0.465 e. The van der Waals surface area contributed by atoms with Gasteiger partial charge in [-0.25, -0.2) is 17.9 Å². The number of carbonyl (C=O) groups excluding carboxylic acids is 1. The maximum atomic E-state index is 13.2. The Kier molecular flexibility index (Phi) is 8.09. The molecule has 154 valence electrons. The highest BCUT2D eigenvalue weighted by molar-refractivity contribution is 7.89. The number of carbonyl (C=O) groups is 1. The van der Waals surface area contributed by atoms with E-state index in [0.29, 0.717) is 12.6 Å². The van der Waals surface area contributed by atoms with Gasteiger partial charge in [0.2, 0.25) is 10.0 Å². The molecule has 0 spiro atoms. The lowest BCUT2D eigenvalue weighted by molar-refractivity contribution is -0.138. The number of ether oxygens (including phenoxy) is 1. The standard InChI is InChI=1S/C16H21F3N2O4S.ClH/c1-10(11-4-3-7-20-9-11)21-26(23,24)12-5-6-13(15(22)25-2)14(8-12)16(17,18)19;/h5-6,8,10-11,20-21H,3-4,7,9H2,1-2H3;1H. The van der Waals surface area contributed by atoms with E-state index in [2.05, 4.69) is 14.8 Å². The molecule has 0 radical (unpaired) electrons. The zero-order valence-electron chi connectivity index (χ0n) is 14.8. The second-order valence-electron chi connectivity index (χ2n) is 6.21. The highest BCUT2D eigenvalue weighted by atomic mass is 35.5. The number of nitrogens with one attached hydrogen (secondary N) is 2. The van der Waals surface area contributed by atoms with Gasteiger partial charge in [-0.05, 0) is 57.0 Å². The van der Waals surface area contributed by atoms with Crippen LogP contribution < -0.4 is 10.0 Å². The van der Waals surface area contributed by atoms with Gasteiger partial charge in [0.1, 0.15) is 0 Å². The summed E-state index contributed by atoms with van der Waals surface area (Å²) in [5.41, 5.74) is -2.08. The molecule has 11 heteroatoms. The van der Waals surface area contributed by atoms with Gasteiger partial charge in [-0.1, -0.05) is 0 Å². The van der Waals surface area contributed by atoms with Crippen LogP contribution in [0.2, 0.25) is 0 Å². The van der Waals surface area contributed by atoms with E-state index in [1.807, 2.05) is 0 Å². The third kappa shape index (κ3) is 5.81. The van der Waals surface area contributed by atoms with Gasteiger partial charge in [0.25, 0.3) is 0 Å². The van der Waals surface area contributed by atoms with Gasteiger partial charge < -0.3 is 10.1 Å². The van der Waals surface area contributed by atoms with E-state index < -0.39 is 44.2 Å². The number of rotatable bonds is 5. The normalized spacial score (nSPS) is 19.1. The van der Waals surface area contributed by atoms with Crippen molar-refractivity contribution in [2.45, 2.75) is 36.9 Å². The predicted molar refractivity (Wildman–Crippen MR) is 95.4 cm³/mol. The van der Waals surface area contributed by atoms with Crippen molar-refractivity contribution in [1.82, 2.24) is 10.0 Å². The summed E-state index contributed by atoms with van der Waals surface area (Å²) < 4.78 is 71.5. The summed E-state index contributed by atoms with van der Waals surface area (Å²) in [6.45, 7) is 3.18. The van der Waals surface area contributed by atoms with Gasteiger partial charge in [0.15, 0.2) is 0 Å². The second kappa shape index (κ2) is 9.22. The SMILES string of the molecule is COC(=O)c1ccc(S(=O)(=O)NC(C)C2CCCNC2)cc1C(F)(F)F.Cl. The van der Waals surface area contributed by atoms with E-state index >= 15 is 0 Å². The number of hydrogen-bond donors (Lipinski definition) is 2. The van der Waals surface area contributed by atoms with Crippen molar-refractivity contribution in [3.05, 3.63) is 29.3 Å². The third-order valence-electron chi connectivity index (χ3n) is 4.40. The molecule has 0 saturated carbocycles. The van der Waals surface area contributed by atoms with E-state index in [4.69, 9.17) is 0 Å². The highest BCUT2D eigenvalue weighted by Gasteiger charge is 2.37. The van der Waals surface area contributed by atoms with Crippen molar-refractivity contribution >= 4 is 28.4 Å². The summed E-state index contributed by atoms with van der Waals surface area (Å²) >= 11 is 0. The summed E-state index contributed by atoms with van der Waals surface area (Å²) in [7, 11) is -3.22. The molecule has 6 nitrogen and oxygen atoms in total. The third-order valence-corrected chi connectivity index (χ3v) is 5.95. The Morgan fingerprint density at radius 2 is 2.04 bits per heavy atom. The van der Waals surface area contributed by atoms with Gasteiger partial charge in [-0.15, -0.1) is 12.4 Å². The van der Waals surface area contributed by atoms with E-state index in [9.17, 15) is 26.4 Å². The van der Waals surface area contributed by atoms with Crippen LogP contribution in [-0.4, -0.2) is 40.6 Å². The molecule has 1 aromatic rings. The van der Waals surface area contributed by atoms with Crippen LogP contribution in [-0.2, 0) is 20.9 Å². The average molecular weight is 431 g/mol. The van der Waals surface area contributed by atoms with E-state index in [0.717, 1.165) is 38.6 Å². The molecule has 1 saturated heterocycles. The molecule has 2 atom stereocenters. The Morgan fingerprint density at radius 1 is 1.37 bits per heavy atom. The topological polar surface area (TPSA) is 84.5 Å². The average Bonchev–Trinajstić information content (AvgIpc) is 2.60. The Hall–Kier alpha value is -1.36. The van der Waals surface area contributed by atoms with Crippen molar-refractivity contribution in [2.75, 3.05) is 20.2 Å². The van der Waals surface area contributed by atoms with Crippen LogP contribution in [0.5, 0.6) is 0 Å². The molecule has 2 unspecified atom stereocenters. The number of alkyl halides is 3. The zero-order chi connectivity index (χ0) is 19.5. The first-order valence-electron chi connectivity index (χ1n) is 8.09. The molecule has 2 N–H and O–H groups in total. The Bertz CT molecular complexity index is 765. The van der Waals surface area contributed by atoms with Crippen molar-refractivity contribution < 1.29 is 31.1 Å². The quantitative estimate of drug-likeness (QED) is 0.701. The number of piperidine rings is 1. The van der Waals surface area contributed by atoms with Crippen LogP contribution in [0.1, 0.15) is 35.7 Å². The Morgan fingerprint density at radius 3 is 2.56 bits per heavy atom. The lowest BCUT2D eigenvalue weighted by Crippen LogP contribution is -2.44. The summed E-state index contributed by atoms with van der Waals surface area (Å²) in [5, 5.41) is 3.16. The molecule has 1 aromatic carbocycles. The second-order valence-corrected chi connectivity index (χ2v) is 7.93. The minimum absolute atomic E-state index is 0. The Labute approximate surface area is 162 Å². The maximum absolute atomic E-state index is 13.2. The first kappa shape index (κ1) is 23.7. The molecule has 0 bridgehead atoms. The van der Waals surface area contributed by atoms with Gasteiger partial charge in [0.05, 0.1) is 23.1 Å². The maximum Gasteiger partial charge on any atom is 0.417 e. The van der Waals surface area contributed by atoms with E-state index in [-0.39, 0.29) is 18.3 Å². The fraction of sp³-hybridized carbons (Fsp3) is 0.562. The van der Waals surface area contributed by atoms with Gasteiger partial charge >= 0.3 is 12.1 Å². The predicted octanol–water partition coefficient (Wildman–Crippen LogP) is 2.58. The van der Waals surface area contributed by atoms with Crippen molar-refractivity contribution in [3.8, 4) is 0 Å². The minimum atomic E-state index is -4.89. The van der Waals surface area contributed by atoms with Crippen LogP contribution in [0.3, 0.4) is 0 Å². The minimum Gasteiger partial charge on any atom is -0.465 e. The molecule has 0 aromatic heterocycles. The van der Waals surface area contributed by atoms with Crippen LogP contribution in [0.4, 0.5) is 13.2 Å². The molecule has 1 aliphatic heterocycles. The van der Waals surface area contributed by atoms with Crippen LogP contribution in [0.15, 0.2) is 23.1 Å². The van der Waals surface area contributed by atoms with Crippen LogP contribution in [0.25, 0.3) is 0 Å². The van der Waals surface area contributed by atoms with Crippen molar-refractivity contribution in [3.63, 3.8) is 0 Å². The lowest BCUT2D eigenvalue weighted by Gasteiger charge is -2.28. The molecule has 2 rings (SSSR count). The lowest BCUT2D eigenvalue weighted by atomic mass is 9.94. The summed E-state index contributed by atoms with van der Waals surface area (Å²) in [5.74, 6) is -1.13. The molecular formula is C16H22ClF3N2O4S. The number of methoxy groups -OCH3 is 1. The smallest absolute Gasteiger partial charge is 0.417 e. The fourth-order valence-electron chi connectivity index (χ4n) is 2.93. The molecule has 1 heterocycles. The summed E-state index contributed by atoms with van der Waals surface area (Å²) in [6.07, 6.45) is -3.16. The first-order valence-corrected chi connectivity index (χ1v) is 9.57. The van der Waals surface area contributed by atoms with Crippen LogP contribution in [0, 0.1) is 5.92 Å². The van der Waals surface area contributed by atoms with E-state index in [1.54, 1.807) is 6.92 Å². The molecule has 0 amide bonds. The van der Waals surface area contributed by atoms with Crippen LogP contribution >= 0.6 is 12.4 Å². The zero-order valence-corrected chi connectivity index (χ0v) is 16.4. The molecule has 0 aliphatic carbocycles. The summed E-state index contributed by atoms with van der Waals surface area (Å²) in [6, 6.07) is 1.80. The Balaban J connectivity index is 0.00000364. The fourth-order valence-corrected chi connectivity index (χ4v) is 4.27. The molecule has 1 fully saturated rings. The summed E-state index contributed by atoms with van der Waals surface area (Å²) in [4.78, 5) is 11.0. The number of esters is 1. The van der Waals surface area contributed by atoms with Gasteiger partial charge in [-0.2, -0.15) is 13.2 Å². The number of halogens is 4.